The van der Waals surface area contributed by atoms with Crippen molar-refractivity contribution in [1.82, 2.24) is 0 Å². The number of rotatable bonds is 4. The summed E-state index contributed by atoms with van der Waals surface area (Å²) < 4.78 is 0. The molecule has 2 aromatic rings. The average Bonchev–Trinajstić information content (AvgIpc) is 2.55. The number of nitrogens with one attached hydrogen (secondary N) is 1. The first-order valence-corrected chi connectivity index (χ1v) is 7.50. The van der Waals surface area contributed by atoms with Gasteiger partial charge < -0.3 is 10.4 Å². The molecule has 0 saturated heterocycles. The Hall–Kier alpha value is -2.78. The number of hydrogen-bond acceptors (Lipinski definition) is 4. The smallest absolute Gasteiger partial charge is 0.337 e. The van der Waals surface area contributed by atoms with E-state index in [2.05, 4.69) is 5.32 Å². The fourth-order valence-electron chi connectivity index (χ4n) is 1.84. The standard InChI is InChI=1S/C16H12N2O3S/c1-22-12-5-3-11(4-6-12)15(19)18-14-7-2-10(9-17)8-13(14)16(20)21/h2-8H,1H3,(H,18,19)(H,20,21). The number of nitriles is 1. The Bertz CT molecular complexity index is 764. The minimum Gasteiger partial charge on any atom is -0.478 e. The lowest BCUT2D eigenvalue weighted by Crippen LogP contribution is -2.15. The van der Waals surface area contributed by atoms with Gasteiger partial charge in [0.2, 0.25) is 0 Å². The maximum atomic E-state index is 12.2. The molecule has 0 unspecified atom stereocenters. The zero-order valence-corrected chi connectivity index (χ0v) is 12.5. The minimum absolute atomic E-state index is 0.117. The normalized spacial score (nSPS) is 9.82. The molecule has 5 nitrogen and oxygen atoms in total. The molecule has 2 rings (SSSR count). The topological polar surface area (TPSA) is 90.2 Å². The lowest BCUT2D eigenvalue weighted by atomic mass is 10.1. The molecule has 0 aliphatic rings. The lowest BCUT2D eigenvalue weighted by Gasteiger charge is -2.09. The molecule has 0 aliphatic heterocycles. The summed E-state index contributed by atoms with van der Waals surface area (Å²) in [5, 5.41) is 20.5. The van der Waals surface area contributed by atoms with Crippen molar-refractivity contribution in [2.75, 3.05) is 11.6 Å². The van der Waals surface area contributed by atoms with Crippen molar-refractivity contribution in [2.24, 2.45) is 0 Å². The van der Waals surface area contributed by atoms with E-state index in [0.29, 0.717) is 5.56 Å². The molecule has 6 heteroatoms. The third-order valence-corrected chi connectivity index (χ3v) is 3.72. The number of hydrogen-bond donors (Lipinski definition) is 2. The van der Waals surface area contributed by atoms with Crippen LogP contribution >= 0.6 is 11.8 Å². The van der Waals surface area contributed by atoms with Crippen LogP contribution in [-0.2, 0) is 0 Å². The first-order chi connectivity index (χ1) is 10.5. The van der Waals surface area contributed by atoms with E-state index in [1.165, 1.54) is 18.2 Å². The molecule has 0 radical (unpaired) electrons. The number of carbonyl (C=O) groups is 2. The Morgan fingerprint density at radius 3 is 2.41 bits per heavy atom. The summed E-state index contributed by atoms with van der Waals surface area (Å²) in [6, 6.07) is 12.9. The van der Waals surface area contributed by atoms with E-state index in [1.807, 2.05) is 24.5 Å². The SMILES string of the molecule is CSc1ccc(C(=O)Nc2ccc(C#N)cc2C(=O)O)cc1. The fourth-order valence-corrected chi connectivity index (χ4v) is 2.24. The monoisotopic (exact) mass is 312 g/mol. The molecule has 0 atom stereocenters. The van der Waals surface area contributed by atoms with Gasteiger partial charge in [-0.3, -0.25) is 4.79 Å². The van der Waals surface area contributed by atoms with Crippen molar-refractivity contribution < 1.29 is 14.7 Å². The van der Waals surface area contributed by atoms with E-state index >= 15 is 0 Å². The summed E-state index contributed by atoms with van der Waals surface area (Å²) in [6.07, 6.45) is 1.94. The molecule has 0 heterocycles. The maximum absolute atomic E-state index is 12.2. The van der Waals surface area contributed by atoms with Crippen molar-refractivity contribution in [2.45, 2.75) is 4.90 Å². The fraction of sp³-hybridized carbons (Fsp3) is 0.0625. The number of carbonyl (C=O) groups excluding carboxylic acids is 1. The Morgan fingerprint density at radius 1 is 1.18 bits per heavy atom. The number of anilines is 1. The van der Waals surface area contributed by atoms with Gasteiger partial charge in [-0.1, -0.05) is 0 Å². The summed E-state index contributed by atoms with van der Waals surface area (Å²) in [7, 11) is 0. The summed E-state index contributed by atoms with van der Waals surface area (Å²) in [6.45, 7) is 0. The number of carboxylic acids is 1. The molecule has 0 saturated carbocycles. The van der Waals surface area contributed by atoms with Gasteiger partial charge in [-0.2, -0.15) is 5.26 Å². The van der Waals surface area contributed by atoms with E-state index in [0.717, 1.165) is 4.90 Å². The Labute approximate surface area is 131 Å². The zero-order valence-electron chi connectivity index (χ0n) is 11.7. The highest BCUT2D eigenvalue weighted by Crippen LogP contribution is 2.20. The van der Waals surface area contributed by atoms with E-state index in [1.54, 1.807) is 23.9 Å². The largest absolute Gasteiger partial charge is 0.478 e. The van der Waals surface area contributed by atoms with Crippen molar-refractivity contribution in [3.63, 3.8) is 0 Å². The first kappa shape index (κ1) is 15.6. The van der Waals surface area contributed by atoms with Gasteiger partial charge in [0.25, 0.3) is 5.91 Å². The zero-order chi connectivity index (χ0) is 16.1. The first-order valence-electron chi connectivity index (χ1n) is 6.28. The maximum Gasteiger partial charge on any atom is 0.337 e. The third kappa shape index (κ3) is 3.45. The van der Waals surface area contributed by atoms with Crippen LogP contribution in [-0.4, -0.2) is 23.2 Å². The Kier molecular flexibility index (Phi) is 4.81. The van der Waals surface area contributed by atoms with Gasteiger partial charge in [-0.15, -0.1) is 11.8 Å². The molecular weight excluding hydrogens is 300 g/mol. The summed E-state index contributed by atoms with van der Waals surface area (Å²) in [5.74, 6) is -1.61. The van der Waals surface area contributed by atoms with Crippen LogP contribution in [0.5, 0.6) is 0 Å². The summed E-state index contributed by atoms with van der Waals surface area (Å²) in [5.41, 5.74) is 0.691. The lowest BCUT2D eigenvalue weighted by molar-refractivity contribution is 0.0698. The van der Waals surface area contributed by atoms with Gasteiger partial charge in [0.05, 0.1) is 22.9 Å². The van der Waals surface area contributed by atoms with Crippen LogP contribution in [0.15, 0.2) is 47.4 Å². The van der Waals surface area contributed by atoms with E-state index in [4.69, 9.17) is 5.26 Å². The molecule has 0 bridgehead atoms. The molecule has 22 heavy (non-hydrogen) atoms. The molecule has 0 aromatic heterocycles. The van der Waals surface area contributed by atoms with Gasteiger partial charge in [0, 0.05) is 10.5 Å². The quantitative estimate of drug-likeness (QED) is 0.846. The van der Waals surface area contributed by atoms with Crippen molar-refractivity contribution in [3.05, 3.63) is 59.2 Å². The molecule has 2 aromatic carbocycles. The Balaban J connectivity index is 2.27. The second kappa shape index (κ2) is 6.78. The number of benzene rings is 2. The number of nitrogens with zero attached hydrogens (tertiary/aromatic N) is 1. The third-order valence-electron chi connectivity index (χ3n) is 2.98. The molecule has 1 amide bonds. The van der Waals surface area contributed by atoms with E-state index in [9.17, 15) is 14.7 Å². The van der Waals surface area contributed by atoms with Crippen LogP contribution in [0.1, 0.15) is 26.3 Å². The molecule has 110 valence electrons. The molecule has 2 N–H and O–H groups in total. The molecule has 0 fully saturated rings. The number of carboxylic acid groups (broad SMARTS) is 1. The van der Waals surface area contributed by atoms with Gasteiger partial charge >= 0.3 is 5.97 Å². The van der Waals surface area contributed by atoms with Crippen LogP contribution in [0.3, 0.4) is 0 Å². The van der Waals surface area contributed by atoms with Gasteiger partial charge in [-0.25, -0.2) is 4.79 Å². The van der Waals surface area contributed by atoms with Crippen LogP contribution in [0.25, 0.3) is 0 Å². The average molecular weight is 312 g/mol. The van der Waals surface area contributed by atoms with Crippen LogP contribution in [0.4, 0.5) is 5.69 Å². The van der Waals surface area contributed by atoms with Gasteiger partial charge in [0.1, 0.15) is 0 Å². The number of amides is 1. The Morgan fingerprint density at radius 2 is 1.86 bits per heavy atom. The van der Waals surface area contributed by atoms with Crippen molar-refractivity contribution in [1.29, 1.82) is 5.26 Å². The highest BCUT2D eigenvalue weighted by atomic mass is 32.2. The molecular formula is C16H12N2O3S. The predicted molar refractivity (Wildman–Crippen MR) is 84.3 cm³/mol. The predicted octanol–water partition coefficient (Wildman–Crippen LogP) is 3.23. The summed E-state index contributed by atoms with van der Waals surface area (Å²) in [4.78, 5) is 24.4. The van der Waals surface area contributed by atoms with E-state index < -0.39 is 11.9 Å². The van der Waals surface area contributed by atoms with Crippen LogP contribution in [0, 0.1) is 11.3 Å². The van der Waals surface area contributed by atoms with E-state index in [-0.39, 0.29) is 16.8 Å². The molecule has 0 aliphatic carbocycles. The van der Waals surface area contributed by atoms with Crippen LogP contribution in [0.2, 0.25) is 0 Å². The second-order valence-electron chi connectivity index (χ2n) is 4.36. The van der Waals surface area contributed by atoms with Gasteiger partial charge in [0.15, 0.2) is 0 Å². The molecule has 0 spiro atoms. The summed E-state index contributed by atoms with van der Waals surface area (Å²) >= 11 is 1.56. The second-order valence-corrected chi connectivity index (χ2v) is 5.24. The minimum atomic E-state index is -1.20. The number of thioether (sulfide) groups is 1. The highest BCUT2D eigenvalue weighted by molar-refractivity contribution is 7.98. The highest BCUT2D eigenvalue weighted by Gasteiger charge is 2.14. The van der Waals surface area contributed by atoms with Gasteiger partial charge in [-0.05, 0) is 48.7 Å². The number of aromatic carboxylic acids is 1. The van der Waals surface area contributed by atoms with Crippen molar-refractivity contribution >= 4 is 29.3 Å². The van der Waals surface area contributed by atoms with Crippen molar-refractivity contribution in [3.8, 4) is 6.07 Å². The van der Waals surface area contributed by atoms with Crippen LogP contribution < -0.4 is 5.32 Å².